The lowest BCUT2D eigenvalue weighted by Gasteiger charge is -2.20. The van der Waals surface area contributed by atoms with Crippen LogP contribution >= 0.6 is 18.2 Å². The Bertz CT molecular complexity index is 348. The molecule has 0 unspecified atom stereocenters. The van der Waals surface area contributed by atoms with E-state index in [1.807, 2.05) is 27.7 Å². The van der Waals surface area contributed by atoms with Gasteiger partial charge in [-0.1, -0.05) is 27.7 Å². The van der Waals surface area contributed by atoms with Crippen molar-refractivity contribution in [1.29, 1.82) is 0 Å². The van der Waals surface area contributed by atoms with E-state index in [4.69, 9.17) is 9.05 Å². The maximum Gasteiger partial charge on any atom is 0.393 e. The van der Waals surface area contributed by atoms with E-state index < -0.39 is 6.80 Å². The van der Waals surface area contributed by atoms with Gasteiger partial charge in [0.05, 0.1) is 13.2 Å². The average molecular weight is 308 g/mol. The van der Waals surface area contributed by atoms with Crippen molar-refractivity contribution in [3.63, 3.8) is 0 Å². The van der Waals surface area contributed by atoms with Gasteiger partial charge in [0.2, 0.25) is 0 Å². The van der Waals surface area contributed by atoms with Crippen LogP contribution in [0.1, 0.15) is 41.5 Å². The zero-order valence-electron chi connectivity index (χ0n) is 12.6. The van der Waals surface area contributed by atoms with Crippen LogP contribution in [0.25, 0.3) is 0 Å². The maximum atomic E-state index is 12.6. The Balaban J connectivity index is 4.74. The Morgan fingerprint density at radius 1 is 1.11 bits per heavy atom. The molecular weight excluding hydrogens is 283 g/mol. The predicted octanol–water partition coefficient (Wildman–Crippen LogP) is 4.67. The first-order valence-corrected chi connectivity index (χ1v) is 9.38. The highest BCUT2D eigenvalue weighted by molar-refractivity contribution is 8.57. The Morgan fingerprint density at radius 2 is 1.53 bits per heavy atom. The van der Waals surface area contributed by atoms with E-state index in [1.54, 1.807) is 6.92 Å². The van der Waals surface area contributed by atoms with Gasteiger partial charge in [-0.15, -0.1) is 0 Å². The molecule has 6 heteroatoms. The third-order valence-corrected chi connectivity index (χ3v) is 5.52. The van der Waals surface area contributed by atoms with E-state index in [1.165, 1.54) is 13.0 Å². The molecule has 0 atom stereocenters. The smallest absolute Gasteiger partial charge is 0.300 e. The van der Waals surface area contributed by atoms with Gasteiger partial charge in [-0.25, -0.2) is 4.57 Å². The summed E-state index contributed by atoms with van der Waals surface area (Å²) in [5, 5.41) is 0. The fourth-order valence-electron chi connectivity index (χ4n) is 1.06. The van der Waals surface area contributed by atoms with Crippen LogP contribution < -0.4 is 0 Å². The summed E-state index contributed by atoms with van der Waals surface area (Å²) in [6, 6.07) is 0. The zero-order chi connectivity index (χ0) is 15.1. The summed E-state index contributed by atoms with van der Waals surface area (Å²) >= 11 is 1.01. The summed E-state index contributed by atoms with van der Waals surface area (Å²) in [4.78, 5) is 11.7. The molecule has 0 rings (SSSR count). The molecule has 0 aliphatic heterocycles. The number of hydrogen-bond acceptors (Lipinski definition) is 5. The van der Waals surface area contributed by atoms with Crippen molar-refractivity contribution >= 4 is 24.0 Å². The molecule has 0 aromatic heterocycles. The number of rotatable bonds is 9. The molecule has 0 spiro atoms. The van der Waals surface area contributed by atoms with E-state index in [-0.39, 0.29) is 17.6 Å². The second-order valence-electron chi connectivity index (χ2n) is 5.28. The minimum Gasteiger partial charge on any atom is -0.300 e. The molecule has 0 aliphatic rings. The van der Waals surface area contributed by atoms with Crippen LogP contribution in [0.5, 0.6) is 0 Å². The van der Waals surface area contributed by atoms with Crippen molar-refractivity contribution in [1.82, 2.24) is 0 Å². The van der Waals surface area contributed by atoms with Crippen LogP contribution in [0.15, 0.2) is 11.0 Å². The van der Waals surface area contributed by atoms with Crippen LogP contribution in [-0.4, -0.2) is 19.0 Å². The Kier molecular flexibility index (Phi) is 8.92. The van der Waals surface area contributed by atoms with Crippen LogP contribution in [0.4, 0.5) is 0 Å². The number of ketones is 1. The van der Waals surface area contributed by atoms with Gasteiger partial charge in [-0.05, 0) is 48.0 Å². The molecule has 0 fully saturated rings. The van der Waals surface area contributed by atoms with Crippen molar-refractivity contribution in [2.75, 3.05) is 13.2 Å². The number of carbonyl (C=O) groups excluding carboxylic acids is 1. The normalized spacial score (nSPS) is 13.4. The number of carbonyl (C=O) groups is 1. The first kappa shape index (κ1) is 18.9. The first-order valence-electron chi connectivity index (χ1n) is 6.42. The van der Waals surface area contributed by atoms with Gasteiger partial charge < -0.3 is 9.05 Å². The maximum absolute atomic E-state index is 12.6. The Hall–Kier alpha value is -0.0900. The lowest BCUT2D eigenvalue weighted by Crippen LogP contribution is -2.05. The first-order chi connectivity index (χ1) is 8.64. The average Bonchev–Trinajstić information content (AvgIpc) is 2.22. The standard InChI is InChI=1S/C13H25O4PS/c1-10(2)8-16-18(15,17-9-11(3)4)19-13(6)7-12(5)14/h7,10-11H,8-9H2,1-6H3/b13-7+. The lowest BCUT2D eigenvalue weighted by molar-refractivity contribution is -0.112. The van der Waals surface area contributed by atoms with Gasteiger partial charge in [0.15, 0.2) is 5.78 Å². The SMILES string of the molecule is CC(=O)/C=C(\C)SP(=O)(OCC(C)C)OCC(C)C. The third kappa shape index (κ3) is 10.4. The van der Waals surface area contributed by atoms with Crippen molar-refractivity contribution < 1.29 is 18.4 Å². The van der Waals surface area contributed by atoms with Crippen LogP contribution in [0, 0.1) is 11.8 Å². The largest absolute Gasteiger partial charge is 0.393 e. The van der Waals surface area contributed by atoms with Gasteiger partial charge in [0.25, 0.3) is 0 Å². The molecule has 19 heavy (non-hydrogen) atoms. The molecule has 0 N–H and O–H groups in total. The van der Waals surface area contributed by atoms with E-state index in [9.17, 15) is 9.36 Å². The molecular formula is C13H25O4PS. The van der Waals surface area contributed by atoms with E-state index in [0.29, 0.717) is 18.1 Å². The molecule has 4 nitrogen and oxygen atoms in total. The minimum atomic E-state index is -3.24. The molecule has 0 radical (unpaired) electrons. The highest BCUT2D eigenvalue weighted by atomic mass is 32.7. The zero-order valence-corrected chi connectivity index (χ0v) is 14.3. The Labute approximate surface area is 120 Å². The second kappa shape index (κ2) is 8.96. The molecule has 0 aromatic carbocycles. The quantitative estimate of drug-likeness (QED) is 0.458. The van der Waals surface area contributed by atoms with Gasteiger partial charge in [-0.2, -0.15) is 0 Å². The highest BCUT2D eigenvalue weighted by Gasteiger charge is 2.27. The highest BCUT2D eigenvalue weighted by Crippen LogP contribution is 2.63. The summed E-state index contributed by atoms with van der Waals surface area (Å²) < 4.78 is 23.5. The number of allylic oxidation sites excluding steroid dienone is 2. The van der Waals surface area contributed by atoms with Gasteiger partial charge in [-0.3, -0.25) is 4.79 Å². The van der Waals surface area contributed by atoms with Crippen molar-refractivity contribution in [3.8, 4) is 0 Å². The van der Waals surface area contributed by atoms with Crippen molar-refractivity contribution in [2.24, 2.45) is 11.8 Å². The molecule has 0 heterocycles. The third-order valence-electron chi connectivity index (χ3n) is 1.79. The van der Waals surface area contributed by atoms with Crippen molar-refractivity contribution in [3.05, 3.63) is 11.0 Å². The molecule has 0 aromatic rings. The second-order valence-corrected chi connectivity index (χ2v) is 9.41. The van der Waals surface area contributed by atoms with E-state index in [2.05, 4.69) is 0 Å². The molecule has 0 bridgehead atoms. The summed E-state index contributed by atoms with van der Waals surface area (Å²) in [5.74, 6) is 0.464. The lowest BCUT2D eigenvalue weighted by atomic mass is 10.2. The van der Waals surface area contributed by atoms with Crippen LogP contribution in [0.3, 0.4) is 0 Å². The van der Waals surface area contributed by atoms with E-state index >= 15 is 0 Å². The van der Waals surface area contributed by atoms with Gasteiger partial charge >= 0.3 is 6.80 Å². The summed E-state index contributed by atoms with van der Waals surface area (Å²) in [6.07, 6.45) is 1.44. The monoisotopic (exact) mass is 308 g/mol. The van der Waals surface area contributed by atoms with Crippen LogP contribution in [-0.2, 0) is 18.4 Å². The Morgan fingerprint density at radius 3 is 1.84 bits per heavy atom. The summed E-state index contributed by atoms with van der Waals surface area (Å²) in [6.45, 7) is 8.62. The number of hydrogen-bond donors (Lipinski definition) is 0. The van der Waals surface area contributed by atoms with E-state index in [0.717, 1.165) is 11.4 Å². The topological polar surface area (TPSA) is 52.6 Å². The van der Waals surface area contributed by atoms with Crippen molar-refractivity contribution in [2.45, 2.75) is 41.5 Å². The van der Waals surface area contributed by atoms with Gasteiger partial charge in [0.1, 0.15) is 0 Å². The molecule has 112 valence electrons. The molecule has 0 aliphatic carbocycles. The molecule has 0 amide bonds. The summed E-state index contributed by atoms with van der Waals surface area (Å²) in [5.41, 5.74) is 0. The predicted molar refractivity (Wildman–Crippen MR) is 81.2 cm³/mol. The fraction of sp³-hybridized carbons (Fsp3) is 0.769. The molecule has 0 saturated carbocycles. The summed E-state index contributed by atoms with van der Waals surface area (Å²) in [7, 11) is 0. The van der Waals surface area contributed by atoms with Gasteiger partial charge in [0, 0.05) is 0 Å². The fourth-order valence-corrected chi connectivity index (χ4v) is 4.67. The molecule has 0 saturated heterocycles. The minimum absolute atomic E-state index is 0.0794. The van der Waals surface area contributed by atoms with Crippen LogP contribution in [0.2, 0.25) is 0 Å².